The number of likely N-dealkylation sites (tertiary alicyclic amines) is 1. The average molecular weight is 313 g/mol. The normalized spacial score (nSPS) is 23.8. The number of fused-ring (bicyclic) bond motifs is 1. The van der Waals surface area contributed by atoms with Crippen LogP contribution in [0.2, 0.25) is 0 Å². The first-order chi connectivity index (χ1) is 11.3. The predicted octanol–water partition coefficient (Wildman–Crippen LogP) is 2.07. The van der Waals surface area contributed by atoms with Crippen LogP contribution < -0.4 is 5.32 Å². The first-order valence-electron chi connectivity index (χ1n) is 9.01. The molecular weight excluding hydrogens is 286 g/mol. The lowest BCUT2D eigenvalue weighted by atomic mass is 9.97. The second kappa shape index (κ2) is 6.57. The summed E-state index contributed by atoms with van der Waals surface area (Å²) in [7, 11) is 2.22. The van der Waals surface area contributed by atoms with Crippen LogP contribution in [-0.2, 0) is 13.0 Å². The molecule has 2 aliphatic rings. The number of hydrogen-bond acceptors (Lipinski definition) is 4. The highest BCUT2D eigenvalue weighted by atomic mass is 15.1. The Bertz CT molecular complexity index is 650. The van der Waals surface area contributed by atoms with Crippen molar-refractivity contribution in [3.05, 3.63) is 24.2 Å². The molecule has 5 heteroatoms. The minimum atomic E-state index is 0.586. The zero-order chi connectivity index (χ0) is 15.6. The number of nitrogens with one attached hydrogen (secondary N) is 1. The molecule has 4 rings (SSSR count). The lowest BCUT2D eigenvalue weighted by Gasteiger charge is -2.29. The van der Waals surface area contributed by atoms with Gasteiger partial charge in [-0.3, -0.25) is 0 Å². The Kier molecular flexibility index (Phi) is 4.31. The van der Waals surface area contributed by atoms with Gasteiger partial charge in [0.25, 0.3) is 0 Å². The number of rotatable bonds is 4. The van der Waals surface area contributed by atoms with Gasteiger partial charge in [-0.25, -0.2) is 9.97 Å². The third-order valence-corrected chi connectivity index (χ3v) is 5.45. The molecule has 2 saturated heterocycles. The minimum Gasteiger partial charge on any atom is -0.314 e. The smallest absolute Gasteiger partial charge is 0.159 e. The van der Waals surface area contributed by atoms with Crippen LogP contribution in [0.1, 0.15) is 31.5 Å². The highest BCUT2D eigenvalue weighted by molar-refractivity contribution is 5.71. The molecular formula is C18H27N5. The van der Waals surface area contributed by atoms with E-state index >= 15 is 0 Å². The molecule has 2 aromatic rings. The van der Waals surface area contributed by atoms with E-state index in [9.17, 15) is 0 Å². The summed E-state index contributed by atoms with van der Waals surface area (Å²) in [5, 5.41) is 3.61. The van der Waals surface area contributed by atoms with E-state index in [0.29, 0.717) is 6.04 Å². The van der Waals surface area contributed by atoms with E-state index in [1.165, 1.54) is 44.6 Å². The van der Waals surface area contributed by atoms with Gasteiger partial charge in [0.1, 0.15) is 11.3 Å². The van der Waals surface area contributed by atoms with E-state index in [1.54, 1.807) is 0 Å². The van der Waals surface area contributed by atoms with Crippen molar-refractivity contribution in [3.63, 3.8) is 0 Å². The van der Waals surface area contributed by atoms with Gasteiger partial charge < -0.3 is 14.8 Å². The Morgan fingerprint density at radius 1 is 1.26 bits per heavy atom. The first kappa shape index (κ1) is 15.1. The van der Waals surface area contributed by atoms with E-state index in [2.05, 4.69) is 32.9 Å². The topological polar surface area (TPSA) is 46.0 Å². The molecule has 124 valence electrons. The van der Waals surface area contributed by atoms with Gasteiger partial charge >= 0.3 is 0 Å². The molecule has 0 aromatic carbocycles. The van der Waals surface area contributed by atoms with Crippen molar-refractivity contribution in [2.24, 2.45) is 5.92 Å². The van der Waals surface area contributed by atoms with Crippen LogP contribution in [0.25, 0.3) is 11.2 Å². The second-order valence-corrected chi connectivity index (χ2v) is 7.23. The quantitative estimate of drug-likeness (QED) is 0.938. The minimum absolute atomic E-state index is 0.586. The second-order valence-electron chi connectivity index (χ2n) is 7.23. The number of pyridine rings is 1. The van der Waals surface area contributed by atoms with Crippen LogP contribution in [0.4, 0.5) is 0 Å². The first-order valence-corrected chi connectivity index (χ1v) is 9.01. The van der Waals surface area contributed by atoms with Crippen molar-refractivity contribution in [1.29, 1.82) is 0 Å². The van der Waals surface area contributed by atoms with Gasteiger partial charge in [-0.15, -0.1) is 0 Å². The molecule has 0 amide bonds. The monoisotopic (exact) mass is 313 g/mol. The van der Waals surface area contributed by atoms with Gasteiger partial charge in [-0.1, -0.05) is 0 Å². The highest BCUT2D eigenvalue weighted by Gasteiger charge is 2.23. The summed E-state index contributed by atoms with van der Waals surface area (Å²) < 4.78 is 2.41. The maximum atomic E-state index is 4.91. The molecule has 0 saturated carbocycles. The van der Waals surface area contributed by atoms with E-state index in [1.807, 2.05) is 12.3 Å². The zero-order valence-corrected chi connectivity index (χ0v) is 14.0. The lowest BCUT2D eigenvalue weighted by Crippen LogP contribution is -2.32. The van der Waals surface area contributed by atoms with E-state index in [0.717, 1.165) is 36.6 Å². The van der Waals surface area contributed by atoms with Gasteiger partial charge in [-0.2, -0.15) is 0 Å². The van der Waals surface area contributed by atoms with Gasteiger partial charge in [0.05, 0.1) is 0 Å². The molecule has 1 N–H and O–H groups in total. The SMILES string of the molecule is CN1CCC(Cn2c(CC3CCCN3)nc3cccnc32)CC1. The molecule has 2 fully saturated rings. The molecule has 4 heterocycles. The van der Waals surface area contributed by atoms with Crippen LogP contribution in [0.15, 0.2) is 18.3 Å². The molecule has 0 aliphatic carbocycles. The molecule has 0 radical (unpaired) electrons. The molecule has 23 heavy (non-hydrogen) atoms. The summed E-state index contributed by atoms with van der Waals surface area (Å²) in [5.41, 5.74) is 2.12. The Hall–Kier alpha value is -1.46. The van der Waals surface area contributed by atoms with Crippen molar-refractivity contribution in [2.45, 2.75) is 44.7 Å². The fourth-order valence-corrected chi connectivity index (χ4v) is 4.01. The molecule has 1 unspecified atom stereocenters. The molecule has 1 atom stereocenters. The standard InChI is InChI=1S/C18H27N5/c1-22-10-6-14(7-11-22)13-23-17(12-15-4-2-8-19-15)21-16-5-3-9-20-18(16)23/h3,5,9,14-15,19H,2,4,6-8,10-13H2,1H3. The van der Waals surface area contributed by atoms with Crippen molar-refractivity contribution < 1.29 is 0 Å². The van der Waals surface area contributed by atoms with Crippen LogP contribution >= 0.6 is 0 Å². The Morgan fingerprint density at radius 3 is 2.91 bits per heavy atom. The van der Waals surface area contributed by atoms with Gasteiger partial charge in [0.2, 0.25) is 0 Å². The lowest BCUT2D eigenvalue weighted by molar-refractivity contribution is 0.205. The van der Waals surface area contributed by atoms with E-state index in [4.69, 9.17) is 4.98 Å². The molecule has 5 nitrogen and oxygen atoms in total. The number of hydrogen-bond donors (Lipinski definition) is 1. The largest absolute Gasteiger partial charge is 0.314 e. The van der Waals surface area contributed by atoms with Gasteiger partial charge in [0, 0.05) is 25.2 Å². The molecule has 2 aliphatic heterocycles. The van der Waals surface area contributed by atoms with Crippen LogP contribution in [0, 0.1) is 5.92 Å². The fraction of sp³-hybridized carbons (Fsp3) is 0.667. The summed E-state index contributed by atoms with van der Waals surface area (Å²) in [6.45, 7) is 4.65. The third kappa shape index (κ3) is 3.26. The highest BCUT2D eigenvalue weighted by Crippen LogP contribution is 2.23. The Morgan fingerprint density at radius 2 is 2.13 bits per heavy atom. The molecule has 0 bridgehead atoms. The van der Waals surface area contributed by atoms with Crippen LogP contribution in [0.5, 0.6) is 0 Å². The Balaban J connectivity index is 1.59. The number of imidazole rings is 1. The molecule has 2 aromatic heterocycles. The number of nitrogens with zero attached hydrogens (tertiary/aromatic N) is 4. The number of piperidine rings is 1. The van der Waals surface area contributed by atoms with Gasteiger partial charge in [0.15, 0.2) is 5.65 Å². The van der Waals surface area contributed by atoms with Crippen molar-refractivity contribution >= 4 is 11.2 Å². The van der Waals surface area contributed by atoms with Crippen LogP contribution in [-0.4, -0.2) is 52.2 Å². The number of aromatic nitrogens is 3. The van der Waals surface area contributed by atoms with Crippen molar-refractivity contribution in [3.8, 4) is 0 Å². The van der Waals surface area contributed by atoms with Crippen molar-refractivity contribution in [2.75, 3.05) is 26.7 Å². The summed E-state index contributed by atoms with van der Waals surface area (Å²) in [6.07, 6.45) is 8.05. The summed E-state index contributed by atoms with van der Waals surface area (Å²) in [4.78, 5) is 12.0. The van der Waals surface area contributed by atoms with Crippen molar-refractivity contribution in [1.82, 2.24) is 24.8 Å². The summed E-state index contributed by atoms with van der Waals surface area (Å²) >= 11 is 0. The molecule has 0 spiro atoms. The maximum Gasteiger partial charge on any atom is 0.159 e. The summed E-state index contributed by atoms with van der Waals surface area (Å²) in [5.74, 6) is 1.97. The van der Waals surface area contributed by atoms with E-state index in [-0.39, 0.29) is 0 Å². The van der Waals surface area contributed by atoms with E-state index < -0.39 is 0 Å². The van der Waals surface area contributed by atoms with Crippen LogP contribution in [0.3, 0.4) is 0 Å². The maximum absolute atomic E-state index is 4.91. The fourth-order valence-electron chi connectivity index (χ4n) is 4.01. The van der Waals surface area contributed by atoms with Gasteiger partial charge in [-0.05, 0) is 70.4 Å². The zero-order valence-electron chi connectivity index (χ0n) is 14.0. The third-order valence-electron chi connectivity index (χ3n) is 5.45. The average Bonchev–Trinajstić information content (AvgIpc) is 3.19. The predicted molar refractivity (Wildman–Crippen MR) is 92.5 cm³/mol. The Labute approximate surface area is 138 Å². The summed E-state index contributed by atoms with van der Waals surface area (Å²) in [6, 6.07) is 4.68.